The Bertz CT molecular complexity index is 504. The number of hydrogen-bond donors (Lipinski definition) is 2. The molecule has 0 saturated carbocycles. The third-order valence-electron chi connectivity index (χ3n) is 3.53. The van der Waals surface area contributed by atoms with Gasteiger partial charge in [0.2, 0.25) is 0 Å². The van der Waals surface area contributed by atoms with Gasteiger partial charge in [-0.2, -0.15) is 13.2 Å². The average molecular weight is 341 g/mol. The topological polar surface area (TPSA) is 41.1 Å². The summed E-state index contributed by atoms with van der Waals surface area (Å²) in [5, 5.41) is 4.53. The number of carbonyl (C=O) groups excluding carboxylic acids is 1. The van der Waals surface area contributed by atoms with Crippen LogP contribution in [0.25, 0.3) is 0 Å². The van der Waals surface area contributed by atoms with Crippen LogP contribution in [0.3, 0.4) is 0 Å². The van der Waals surface area contributed by atoms with Crippen molar-refractivity contribution in [3.8, 4) is 0 Å². The van der Waals surface area contributed by atoms with Gasteiger partial charge in [-0.15, -0.1) is 12.4 Å². The van der Waals surface area contributed by atoms with Crippen LogP contribution in [0.15, 0.2) is 24.3 Å². The molecule has 0 radical (unpaired) electrons. The van der Waals surface area contributed by atoms with Crippen LogP contribution in [-0.2, 0) is 4.79 Å². The molecule has 1 aromatic carbocycles. The van der Waals surface area contributed by atoms with Crippen molar-refractivity contribution in [3.05, 3.63) is 35.4 Å². The quantitative estimate of drug-likeness (QED) is 0.655. The fourth-order valence-electron chi connectivity index (χ4n) is 2.41. The van der Waals surface area contributed by atoms with Crippen molar-refractivity contribution in [1.29, 1.82) is 0 Å². The number of hydrogen-bond acceptors (Lipinski definition) is 2. The van der Waals surface area contributed by atoms with Crippen LogP contribution in [0, 0.1) is 0 Å². The molecular formula is C14H17ClF4N2O. The minimum atomic E-state index is -5.09. The second-order valence-corrected chi connectivity index (χ2v) is 5.03. The standard InChI is InChI=1S/C14H16F4N2O.ClH/c15-12(20-13(21)14(16,17)18)11-3-1-2-10(8-11)9-4-6-19-7-5-9;/h1-3,8-9,12,19H,4-7H2,(H,20,21);1H. The molecule has 2 rings (SSSR count). The van der Waals surface area contributed by atoms with Gasteiger partial charge in [0.05, 0.1) is 0 Å². The monoisotopic (exact) mass is 340 g/mol. The van der Waals surface area contributed by atoms with E-state index in [4.69, 9.17) is 0 Å². The third-order valence-corrected chi connectivity index (χ3v) is 3.53. The van der Waals surface area contributed by atoms with Crippen molar-refractivity contribution in [3.63, 3.8) is 0 Å². The van der Waals surface area contributed by atoms with Crippen LogP contribution >= 0.6 is 12.4 Å². The predicted molar refractivity (Wildman–Crippen MR) is 76.6 cm³/mol. The Kier molecular flexibility index (Phi) is 6.62. The first-order chi connectivity index (χ1) is 9.88. The van der Waals surface area contributed by atoms with Gasteiger partial charge in [-0.25, -0.2) is 4.39 Å². The van der Waals surface area contributed by atoms with E-state index in [0.717, 1.165) is 31.5 Å². The van der Waals surface area contributed by atoms with E-state index in [0.29, 0.717) is 0 Å². The molecule has 0 spiro atoms. The highest BCUT2D eigenvalue weighted by atomic mass is 35.5. The van der Waals surface area contributed by atoms with E-state index < -0.39 is 18.4 Å². The minimum Gasteiger partial charge on any atom is -0.317 e. The summed E-state index contributed by atoms with van der Waals surface area (Å²) in [6.07, 6.45) is -5.46. The van der Waals surface area contributed by atoms with Gasteiger partial charge in [-0.3, -0.25) is 4.79 Å². The van der Waals surface area contributed by atoms with Gasteiger partial charge in [0.25, 0.3) is 0 Å². The number of rotatable bonds is 3. The fourth-order valence-corrected chi connectivity index (χ4v) is 2.41. The zero-order valence-electron chi connectivity index (χ0n) is 11.6. The van der Waals surface area contributed by atoms with Crippen molar-refractivity contribution < 1.29 is 22.4 Å². The van der Waals surface area contributed by atoms with Crippen LogP contribution < -0.4 is 10.6 Å². The molecule has 22 heavy (non-hydrogen) atoms. The Hall–Kier alpha value is -1.34. The molecule has 0 aliphatic carbocycles. The first kappa shape index (κ1) is 18.7. The van der Waals surface area contributed by atoms with E-state index in [1.807, 2.05) is 6.07 Å². The number of nitrogens with one attached hydrogen (secondary N) is 2. The molecule has 1 saturated heterocycles. The second-order valence-electron chi connectivity index (χ2n) is 5.03. The van der Waals surface area contributed by atoms with Gasteiger partial charge in [-0.1, -0.05) is 24.3 Å². The molecule has 8 heteroatoms. The van der Waals surface area contributed by atoms with Crippen molar-refractivity contribution >= 4 is 18.3 Å². The molecule has 1 unspecified atom stereocenters. The summed E-state index contributed by atoms with van der Waals surface area (Å²) in [6.45, 7) is 1.72. The molecule has 1 amide bonds. The van der Waals surface area contributed by atoms with Crippen molar-refractivity contribution in [2.24, 2.45) is 0 Å². The van der Waals surface area contributed by atoms with Crippen LogP contribution in [0.1, 0.15) is 36.2 Å². The lowest BCUT2D eigenvalue weighted by atomic mass is 9.89. The lowest BCUT2D eigenvalue weighted by Gasteiger charge is -2.23. The smallest absolute Gasteiger partial charge is 0.317 e. The lowest BCUT2D eigenvalue weighted by Crippen LogP contribution is -2.37. The van der Waals surface area contributed by atoms with E-state index >= 15 is 0 Å². The highest BCUT2D eigenvalue weighted by Gasteiger charge is 2.40. The van der Waals surface area contributed by atoms with Gasteiger partial charge in [0.15, 0.2) is 6.30 Å². The van der Waals surface area contributed by atoms with E-state index in [1.165, 1.54) is 17.4 Å². The van der Waals surface area contributed by atoms with Gasteiger partial charge in [0, 0.05) is 5.56 Å². The van der Waals surface area contributed by atoms with Crippen LogP contribution in [0.5, 0.6) is 0 Å². The molecular weight excluding hydrogens is 324 g/mol. The Morgan fingerprint density at radius 2 is 1.91 bits per heavy atom. The Balaban J connectivity index is 0.00000242. The third kappa shape index (κ3) is 4.84. The normalized spacial score (nSPS) is 17.5. The number of alkyl halides is 4. The summed E-state index contributed by atoms with van der Waals surface area (Å²) >= 11 is 0. The number of halogens is 5. The van der Waals surface area contributed by atoms with Gasteiger partial charge >= 0.3 is 12.1 Å². The van der Waals surface area contributed by atoms with E-state index in [9.17, 15) is 22.4 Å². The Morgan fingerprint density at radius 3 is 2.50 bits per heavy atom. The number of benzene rings is 1. The van der Waals surface area contributed by atoms with Crippen molar-refractivity contribution in [2.75, 3.05) is 13.1 Å². The predicted octanol–water partition coefficient (Wildman–Crippen LogP) is 3.22. The van der Waals surface area contributed by atoms with Gasteiger partial charge in [-0.05, 0) is 37.4 Å². The average Bonchev–Trinajstić information content (AvgIpc) is 2.47. The molecule has 1 atom stereocenters. The number of carbonyl (C=O) groups is 1. The summed E-state index contributed by atoms with van der Waals surface area (Å²) in [5.41, 5.74) is 0.918. The molecule has 3 nitrogen and oxygen atoms in total. The number of amides is 1. The minimum absolute atomic E-state index is 0. The van der Waals surface area contributed by atoms with E-state index in [2.05, 4.69) is 5.32 Å². The summed E-state index contributed by atoms with van der Waals surface area (Å²) < 4.78 is 50.1. The fraction of sp³-hybridized carbons (Fsp3) is 0.500. The number of piperidine rings is 1. The van der Waals surface area contributed by atoms with Gasteiger partial charge < -0.3 is 10.6 Å². The molecule has 1 aromatic rings. The van der Waals surface area contributed by atoms with Crippen molar-refractivity contribution in [1.82, 2.24) is 10.6 Å². The maximum absolute atomic E-state index is 13.8. The SMILES string of the molecule is Cl.O=C(NC(F)c1cccc(C2CCNCC2)c1)C(F)(F)F. The van der Waals surface area contributed by atoms with Gasteiger partial charge in [0.1, 0.15) is 0 Å². The Labute approximate surface area is 131 Å². The Morgan fingerprint density at radius 1 is 1.27 bits per heavy atom. The molecule has 124 valence electrons. The molecule has 0 bridgehead atoms. The molecule has 1 fully saturated rings. The molecule has 1 aliphatic heterocycles. The molecule has 1 aliphatic rings. The summed E-state index contributed by atoms with van der Waals surface area (Å²) in [6, 6.07) is 6.32. The summed E-state index contributed by atoms with van der Waals surface area (Å²) in [7, 11) is 0. The first-order valence-electron chi connectivity index (χ1n) is 6.70. The second kappa shape index (κ2) is 7.78. The highest BCUT2D eigenvalue weighted by Crippen LogP contribution is 2.28. The first-order valence-corrected chi connectivity index (χ1v) is 6.70. The summed E-state index contributed by atoms with van der Waals surface area (Å²) in [4.78, 5) is 10.8. The van der Waals surface area contributed by atoms with E-state index in [1.54, 1.807) is 6.07 Å². The lowest BCUT2D eigenvalue weighted by molar-refractivity contribution is -0.175. The zero-order valence-corrected chi connectivity index (χ0v) is 12.4. The van der Waals surface area contributed by atoms with Crippen LogP contribution in [-0.4, -0.2) is 25.2 Å². The maximum Gasteiger partial charge on any atom is 0.471 e. The maximum atomic E-state index is 13.8. The summed E-state index contributed by atoms with van der Waals surface area (Å²) in [5.74, 6) is -2.01. The molecule has 2 N–H and O–H groups in total. The van der Waals surface area contributed by atoms with Crippen LogP contribution in [0.4, 0.5) is 17.6 Å². The van der Waals surface area contributed by atoms with Crippen LogP contribution in [0.2, 0.25) is 0 Å². The van der Waals surface area contributed by atoms with Crippen molar-refractivity contribution in [2.45, 2.75) is 31.2 Å². The van der Waals surface area contributed by atoms with E-state index in [-0.39, 0.29) is 23.9 Å². The zero-order chi connectivity index (χ0) is 15.5. The highest BCUT2D eigenvalue weighted by molar-refractivity contribution is 5.85. The molecule has 1 heterocycles. The molecule has 0 aromatic heterocycles. The largest absolute Gasteiger partial charge is 0.471 e.